The number of hydrogen-bond acceptors (Lipinski definition) is 2. The van der Waals surface area contributed by atoms with Crippen LogP contribution in [0.5, 0.6) is 0 Å². The number of para-hydroxylation sites is 1. The monoisotopic (exact) mass is 262 g/mol. The van der Waals surface area contributed by atoms with Gasteiger partial charge in [-0.15, -0.1) is 0 Å². The fraction of sp³-hybridized carbons (Fsp3) is 0.0588. The number of nitrogens with one attached hydrogen (secondary N) is 1. The van der Waals surface area contributed by atoms with Gasteiger partial charge in [0.1, 0.15) is 6.04 Å². The normalized spacial score (nSPS) is 10.7. The van der Waals surface area contributed by atoms with Gasteiger partial charge in [-0.05, 0) is 23.8 Å². The van der Waals surface area contributed by atoms with Crippen LogP contribution in [0.15, 0.2) is 72.9 Å². The summed E-state index contributed by atoms with van der Waals surface area (Å²) in [6, 6.07) is 23.7. The molecule has 1 radical (unpaired) electrons. The molecule has 3 aromatic rings. The van der Waals surface area contributed by atoms with Crippen molar-refractivity contribution in [1.82, 2.24) is 10.2 Å². The molecule has 3 heteroatoms. The molecule has 1 heterocycles. The number of rotatable bonds is 4. The molecule has 0 saturated heterocycles. The molecule has 1 aromatic heterocycles. The number of nitrogens with zero attached hydrogens (tertiary/aromatic N) is 2. The highest BCUT2D eigenvalue weighted by Crippen LogP contribution is 2.29. The molecule has 0 fully saturated rings. The lowest BCUT2D eigenvalue weighted by Crippen LogP contribution is -2.26. The first-order valence-corrected chi connectivity index (χ1v) is 6.57. The molecular formula is C17H16N3. The molecule has 0 saturated carbocycles. The smallest absolute Gasteiger partial charge is 0.143 e. The van der Waals surface area contributed by atoms with E-state index in [9.17, 15) is 0 Å². The molecule has 0 spiro atoms. The van der Waals surface area contributed by atoms with Crippen LogP contribution in [0.4, 0.5) is 5.69 Å². The fourth-order valence-corrected chi connectivity index (χ4v) is 2.28. The van der Waals surface area contributed by atoms with Gasteiger partial charge in [-0.25, -0.2) is 0 Å². The maximum Gasteiger partial charge on any atom is 0.143 e. The molecule has 0 amide bonds. The van der Waals surface area contributed by atoms with Crippen LogP contribution in [0.1, 0.15) is 11.3 Å². The average molecular weight is 262 g/mol. The lowest BCUT2D eigenvalue weighted by atomic mass is 10.0. The van der Waals surface area contributed by atoms with E-state index < -0.39 is 0 Å². The molecule has 20 heavy (non-hydrogen) atoms. The van der Waals surface area contributed by atoms with Gasteiger partial charge < -0.3 is 4.90 Å². The average Bonchev–Trinajstić information content (AvgIpc) is 3.03. The number of hydrogen-bond donors (Lipinski definition) is 1. The molecule has 0 aliphatic heterocycles. The Morgan fingerprint density at radius 1 is 0.900 bits per heavy atom. The largest absolute Gasteiger partial charge is 0.357 e. The van der Waals surface area contributed by atoms with Crippen molar-refractivity contribution in [3.05, 3.63) is 90.2 Å². The minimum absolute atomic E-state index is 0.933. The van der Waals surface area contributed by atoms with E-state index in [1.165, 1.54) is 0 Å². The Kier molecular flexibility index (Phi) is 3.50. The zero-order valence-corrected chi connectivity index (χ0v) is 11.3. The summed E-state index contributed by atoms with van der Waals surface area (Å²) in [5.74, 6) is 0. The van der Waals surface area contributed by atoms with E-state index in [-0.39, 0.29) is 0 Å². The molecule has 0 bridgehead atoms. The van der Waals surface area contributed by atoms with Crippen molar-refractivity contribution in [2.75, 3.05) is 11.9 Å². The van der Waals surface area contributed by atoms with Gasteiger partial charge >= 0.3 is 0 Å². The number of H-pyrrole nitrogens is 1. The minimum atomic E-state index is 0.933. The van der Waals surface area contributed by atoms with Gasteiger partial charge in [0, 0.05) is 18.9 Å². The van der Waals surface area contributed by atoms with Crippen LogP contribution >= 0.6 is 0 Å². The Bertz CT molecular complexity index is 633. The third kappa shape index (κ3) is 2.43. The number of anilines is 1. The predicted molar refractivity (Wildman–Crippen MR) is 81.3 cm³/mol. The second-order valence-electron chi connectivity index (χ2n) is 4.57. The summed E-state index contributed by atoms with van der Waals surface area (Å²) in [6.45, 7) is 0. The summed E-state index contributed by atoms with van der Waals surface area (Å²) in [5, 5.41) is 7.22. The Labute approximate surface area is 118 Å². The van der Waals surface area contributed by atoms with E-state index >= 15 is 0 Å². The molecule has 0 atom stereocenters. The van der Waals surface area contributed by atoms with Crippen molar-refractivity contribution in [1.29, 1.82) is 0 Å². The maximum absolute atomic E-state index is 4.34. The first kappa shape index (κ1) is 12.5. The minimum Gasteiger partial charge on any atom is -0.357 e. The summed E-state index contributed by atoms with van der Waals surface area (Å²) in [7, 11) is 2.06. The highest BCUT2D eigenvalue weighted by molar-refractivity contribution is 5.58. The molecule has 99 valence electrons. The SMILES string of the molecule is CN([C](c1ccccc1)c1cc[nH]n1)c1ccccc1. The molecule has 2 aromatic carbocycles. The highest BCUT2D eigenvalue weighted by Gasteiger charge is 2.22. The van der Waals surface area contributed by atoms with Gasteiger partial charge in [0.05, 0.1) is 5.69 Å². The van der Waals surface area contributed by atoms with Gasteiger partial charge in [-0.3, -0.25) is 5.10 Å². The lowest BCUT2D eigenvalue weighted by molar-refractivity contribution is 0.928. The van der Waals surface area contributed by atoms with Gasteiger partial charge in [0.2, 0.25) is 0 Å². The van der Waals surface area contributed by atoms with Gasteiger partial charge in [0.15, 0.2) is 0 Å². The second-order valence-corrected chi connectivity index (χ2v) is 4.57. The molecule has 1 N–H and O–H groups in total. The van der Waals surface area contributed by atoms with Crippen LogP contribution in [0.25, 0.3) is 0 Å². The van der Waals surface area contributed by atoms with Crippen molar-refractivity contribution in [3.8, 4) is 0 Å². The summed E-state index contributed by atoms with van der Waals surface area (Å²) in [5.41, 5.74) is 3.21. The van der Waals surface area contributed by atoms with Crippen LogP contribution in [0.2, 0.25) is 0 Å². The van der Waals surface area contributed by atoms with Crippen LogP contribution in [0.3, 0.4) is 0 Å². The Morgan fingerprint density at radius 2 is 1.55 bits per heavy atom. The van der Waals surface area contributed by atoms with Crippen molar-refractivity contribution in [3.63, 3.8) is 0 Å². The topological polar surface area (TPSA) is 31.9 Å². The standard InChI is InChI=1S/C17H16N3/c1-20(15-10-6-3-7-11-15)17(16-12-13-18-19-16)14-8-4-2-5-9-14/h2-13H,1H3,(H,18,19). The highest BCUT2D eigenvalue weighted by atomic mass is 15.2. The molecule has 3 rings (SSSR count). The number of benzene rings is 2. The number of aromatic amines is 1. The molecule has 0 unspecified atom stereocenters. The second kappa shape index (κ2) is 5.61. The van der Waals surface area contributed by atoms with Crippen molar-refractivity contribution < 1.29 is 0 Å². The van der Waals surface area contributed by atoms with E-state index in [0.717, 1.165) is 23.0 Å². The number of aromatic nitrogens is 2. The van der Waals surface area contributed by atoms with E-state index in [0.29, 0.717) is 0 Å². The third-order valence-corrected chi connectivity index (χ3v) is 3.27. The lowest BCUT2D eigenvalue weighted by Gasteiger charge is -2.28. The zero-order valence-electron chi connectivity index (χ0n) is 11.3. The van der Waals surface area contributed by atoms with Crippen molar-refractivity contribution in [2.24, 2.45) is 0 Å². The maximum atomic E-state index is 4.34. The van der Waals surface area contributed by atoms with Crippen molar-refractivity contribution in [2.45, 2.75) is 0 Å². The van der Waals surface area contributed by atoms with Gasteiger partial charge in [0.25, 0.3) is 0 Å². The van der Waals surface area contributed by atoms with Crippen molar-refractivity contribution >= 4 is 5.69 Å². The van der Waals surface area contributed by atoms with Gasteiger partial charge in [-0.2, -0.15) is 5.10 Å². The summed E-state index contributed by atoms with van der Waals surface area (Å²) in [4.78, 5) is 2.16. The predicted octanol–water partition coefficient (Wildman–Crippen LogP) is 3.47. The van der Waals surface area contributed by atoms with Crippen LogP contribution in [0, 0.1) is 6.04 Å². The molecule has 0 aliphatic carbocycles. The Balaban J connectivity index is 2.03. The van der Waals surface area contributed by atoms with E-state index in [4.69, 9.17) is 0 Å². The molecular weight excluding hydrogens is 246 g/mol. The zero-order chi connectivity index (χ0) is 13.8. The Morgan fingerprint density at radius 3 is 2.15 bits per heavy atom. The van der Waals surface area contributed by atoms with Crippen LogP contribution < -0.4 is 4.90 Å². The van der Waals surface area contributed by atoms with E-state index in [2.05, 4.69) is 46.4 Å². The van der Waals surface area contributed by atoms with Gasteiger partial charge in [-0.1, -0.05) is 48.5 Å². The Hall–Kier alpha value is -2.55. The fourth-order valence-electron chi connectivity index (χ4n) is 2.28. The van der Waals surface area contributed by atoms with Crippen LogP contribution in [-0.2, 0) is 0 Å². The molecule has 0 aliphatic rings. The quantitative estimate of drug-likeness (QED) is 0.780. The van der Waals surface area contributed by atoms with E-state index in [1.807, 2.05) is 48.7 Å². The summed E-state index contributed by atoms with van der Waals surface area (Å²) < 4.78 is 0. The first-order chi connectivity index (χ1) is 9.86. The summed E-state index contributed by atoms with van der Waals surface area (Å²) >= 11 is 0. The molecule has 3 nitrogen and oxygen atoms in total. The van der Waals surface area contributed by atoms with Crippen LogP contribution in [-0.4, -0.2) is 17.2 Å². The van der Waals surface area contributed by atoms with E-state index in [1.54, 1.807) is 0 Å². The summed E-state index contributed by atoms with van der Waals surface area (Å²) in [6.07, 6.45) is 1.84. The first-order valence-electron chi connectivity index (χ1n) is 6.57. The third-order valence-electron chi connectivity index (χ3n) is 3.27.